The first kappa shape index (κ1) is 14.9. The zero-order valence-electron chi connectivity index (χ0n) is 9.64. The third-order valence-electron chi connectivity index (χ3n) is 2.42. The van der Waals surface area contributed by atoms with Gasteiger partial charge in [-0.15, -0.1) is 0 Å². The zero-order chi connectivity index (χ0) is 12.7. The number of hydrogen-bond donors (Lipinski definition) is 4. The fourth-order valence-electron chi connectivity index (χ4n) is 0.985. The Labute approximate surface area is 94.8 Å². The van der Waals surface area contributed by atoms with Crippen LogP contribution in [0.1, 0.15) is 26.7 Å². The molecule has 16 heavy (non-hydrogen) atoms. The van der Waals surface area contributed by atoms with Gasteiger partial charge in [-0.2, -0.15) is 0 Å². The second-order valence-corrected chi connectivity index (χ2v) is 3.95. The summed E-state index contributed by atoms with van der Waals surface area (Å²) >= 11 is 0. The quantitative estimate of drug-likeness (QED) is 0.464. The second kappa shape index (κ2) is 7.19. The lowest BCUT2D eigenvalue weighted by atomic mass is 10.1. The predicted octanol–water partition coefficient (Wildman–Crippen LogP) is -0.688. The smallest absolute Gasteiger partial charge is 0.320 e. The molecule has 0 spiro atoms. The number of rotatable bonds is 7. The molecule has 0 aromatic heterocycles. The first-order valence-electron chi connectivity index (χ1n) is 5.32. The number of nitrogens with one attached hydrogen (secondary N) is 1. The number of carboxylic acids is 1. The van der Waals surface area contributed by atoms with Crippen molar-refractivity contribution in [3.63, 3.8) is 0 Å². The first-order chi connectivity index (χ1) is 7.38. The van der Waals surface area contributed by atoms with E-state index in [1.165, 1.54) is 0 Å². The van der Waals surface area contributed by atoms with E-state index in [0.29, 0.717) is 12.5 Å². The maximum absolute atomic E-state index is 11.3. The third-order valence-corrected chi connectivity index (χ3v) is 2.42. The number of nitrogens with two attached hydrogens (primary N) is 1. The van der Waals surface area contributed by atoms with Crippen LogP contribution in [0.2, 0.25) is 0 Å². The summed E-state index contributed by atoms with van der Waals surface area (Å²) in [4.78, 5) is 21.7. The highest BCUT2D eigenvalue weighted by Gasteiger charge is 2.22. The van der Waals surface area contributed by atoms with E-state index in [9.17, 15) is 14.7 Å². The van der Waals surface area contributed by atoms with Gasteiger partial charge in [0.15, 0.2) is 0 Å². The molecule has 0 aromatic rings. The molecule has 1 unspecified atom stereocenters. The summed E-state index contributed by atoms with van der Waals surface area (Å²) in [6, 6.07) is -1.22. The Morgan fingerprint density at radius 1 is 1.44 bits per heavy atom. The largest absolute Gasteiger partial charge is 0.480 e. The molecule has 0 aliphatic heterocycles. The topological polar surface area (TPSA) is 113 Å². The zero-order valence-corrected chi connectivity index (χ0v) is 9.64. The van der Waals surface area contributed by atoms with E-state index in [0.717, 1.165) is 6.42 Å². The SMILES string of the molecule is CCC(C)CNC(=O)[C@@H](O)C[C@H](N)C(=O)O. The molecule has 0 aliphatic carbocycles. The van der Waals surface area contributed by atoms with Crippen molar-refractivity contribution in [3.05, 3.63) is 0 Å². The van der Waals surface area contributed by atoms with E-state index in [4.69, 9.17) is 10.8 Å². The summed E-state index contributed by atoms with van der Waals surface area (Å²) < 4.78 is 0. The molecule has 3 atom stereocenters. The van der Waals surface area contributed by atoms with E-state index in [2.05, 4.69) is 5.32 Å². The first-order valence-corrected chi connectivity index (χ1v) is 5.32. The number of hydrogen-bond acceptors (Lipinski definition) is 4. The number of carbonyl (C=O) groups excluding carboxylic acids is 1. The number of carbonyl (C=O) groups is 2. The van der Waals surface area contributed by atoms with Crippen LogP contribution in [0.3, 0.4) is 0 Å². The van der Waals surface area contributed by atoms with Crippen molar-refractivity contribution in [2.75, 3.05) is 6.54 Å². The lowest BCUT2D eigenvalue weighted by molar-refractivity contribution is -0.140. The van der Waals surface area contributed by atoms with Crippen LogP contribution in [0.5, 0.6) is 0 Å². The lowest BCUT2D eigenvalue weighted by Gasteiger charge is -2.15. The van der Waals surface area contributed by atoms with Crippen molar-refractivity contribution in [2.45, 2.75) is 38.8 Å². The summed E-state index contributed by atoms with van der Waals surface area (Å²) in [6.07, 6.45) is -0.720. The van der Waals surface area contributed by atoms with E-state index in [1.54, 1.807) is 0 Å². The molecule has 0 bridgehead atoms. The summed E-state index contributed by atoms with van der Waals surface area (Å²) in [5, 5.41) is 20.4. The fourth-order valence-corrected chi connectivity index (χ4v) is 0.985. The van der Waals surface area contributed by atoms with Gasteiger partial charge < -0.3 is 21.3 Å². The third kappa shape index (κ3) is 5.67. The van der Waals surface area contributed by atoms with Gasteiger partial charge in [0.2, 0.25) is 5.91 Å². The second-order valence-electron chi connectivity index (χ2n) is 3.95. The molecule has 0 radical (unpaired) electrons. The average molecular weight is 232 g/mol. The van der Waals surface area contributed by atoms with Crippen LogP contribution >= 0.6 is 0 Å². The minimum absolute atomic E-state index is 0.276. The van der Waals surface area contributed by atoms with Crippen LogP contribution in [0, 0.1) is 5.92 Å². The van der Waals surface area contributed by atoms with E-state index < -0.39 is 24.0 Å². The van der Waals surface area contributed by atoms with Gasteiger partial charge in [0, 0.05) is 13.0 Å². The number of aliphatic carboxylic acids is 1. The van der Waals surface area contributed by atoms with Gasteiger partial charge in [0.1, 0.15) is 12.1 Å². The molecule has 0 heterocycles. The van der Waals surface area contributed by atoms with Crippen molar-refractivity contribution in [1.82, 2.24) is 5.32 Å². The Bertz CT molecular complexity index is 245. The number of aliphatic hydroxyl groups is 1. The van der Waals surface area contributed by atoms with Crippen LogP contribution in [-0.4, -0.2) is 40.8 Å². The van der Waals surface area contributed by atoms with Gasteiger partial charge >= 0.3 is 5.97 Å². The van der Waals surface area contributed by atoms with Crippen LogP contribution in [0.15, 0.2) is 0 Å². The Morgan fingerprint density at radius 2 is 2.00 bits per heavy atom. The Morgan fingerprint density at radius 3 is 2.44 bits per heavy atom. The number of carboxylic acid groups (broad SMARTS) is 1. The minimum Gasteiger partial charge on any atom is -0.480 e. The molecule has 1 amide bonds. The molecule has 0 aromatic carbocycles. The van der Waals surface area contributed by atoms with Gasteiger partial charge in [0.05, 0.1) is 0 Å². The van der Waals surface area contributed by atoms with Crippen molar-refractivity contribution < 1.29 is 19.8 Å². The molecular formula is C10H20N2O4. The molecule has 6 heteroatoms. The summed E-state index contributed by atoms with van der Waals surface area (Å²) in [6.45, 7) is 4.43. The average Bonchev–Trinajstić information content (AvgIpc) is 2.24. The van der Waals surface area contributed by atoms with Gasteiger partial charge in [-0.1, -0.05) is 20.3 Å². The monoisotopic (exact) mass is 232 g/mol. The molecular weight excluding hydrogens is 212 g/mol. The van der Waals surface area contributed by atoms with Gasteiger partial charge in [-0.05, 0) is 5.92 Å². The molecule has 0 fully saturated rings. The number of aliphatic hydroxyl groups excluding tert-OH is 1. The molecule has 94 valence electrons. The molecule has 5 N–H and O–H groups in total. The lowest BCUT2D eigenvalue weighted by Crippen LogP contribution is -2.42. The predicted molar refractivity (Wildman–Crippen MR) is 58.7 cm³/mol. The highest BCUT2D eigenvalue weighted by Crippen LogP contribution is 2.00. The van der Waals surface area contributed by atoms with Crippen LogP contribution < -0.4 is 11.1 Å². The van der Waals surface area contributed by atoms with Crippen LogP contribution in [0.4, 0.5) is 0 Å². The highest BCUT2D eigenvalue weighted by molar-refractivity contribution is 5.82. The standard InChI is InChI=1S/C10H20N2O4/c1-3-6(2)5-12-9(14)8(13)4-7(11)10(15)16/h6-8,13H,3-5,11H2,1-2H3,(H,12,14)(H,15,16)/t6?,7-,8-/m0/s1. The maximum atomic E-state index is 11.3. The van der Waals surface area contributed by atoms with Crippen molar-refractivity contribution in [3.8, 4) is 0 Å². The molecule has 0 aliphatic rings. The Kier molecular flexibility index (Phi) is 6.67. The van der Waals surface area contributed by atoms with Gasteiger partial charge in [-0.3, -0.25) is 9.59 Å². The normalized spacial score (nSPS) is 16.2. The molecule has 0 saturated heterocycles. The highest BCUT2D eigenvalue weighted by atomic mass is 16.4. The maximum Gasteiger partial charge on any atom is 0.320 e. The van der Waals surface area contributed by atoms with Crippen molar-refractivity contribution in [2.24, 2.45) is 11.7 Å². The Hall–Kier alpha value is -1.14. The van der Waals surface area contributed by atoms with E-state index in [-0.39, 0.29) is 6.42 Å². The van der Waals surface area contributed by atoms with E-state index in [1.807, 2.05) is 13.8 Å². The van der Waals surface area contributed by atoms with Crippen molar-refractivity contribution >= 4 is 11.9 Å². The number of amides is 1. The molecule has 6 nitrogen and oxygen atoms in total. The fraction of sp³-hybridized carbons (Fsp3) is 0.800. The molecule has 0 rings (SSSR count). The van der Waals surface area contributed by atoms with Crippen molar-refractivity contribution in [1.29, 1.82) is 0 Å². The van der Waals surface area contributed by atoms with Gasteiger partial charge in [-0.25, -0.2) is 0 Å². The minimum atomic E-state index is -1.37. The van der Waals surface area contributed by atoms with Crippen LogP contribution in [-0.2, 0) is 9.59 Å². The Balaban J connectivity index is 3.95. The van der Waals surface area contributed by atoms with Gasteiger partial charge in [0.25, 0.3) is 0 Å². The molecule has 0 saturated carbocycles. The van der Waals surface area contributed by atoms with E-state index >= 15 is 0 Å². The summed E-state index contributed by atoms with van der Waals surface area (Å²) in [7, 11) is 0. The van der Waals surface area contributed by atoms with Crippen LogP contribution in [0.25, 0.3) is 0 Å². The summed E-state index contributed by atoms with van der Waals surface area (Å²) in [5.74, 6) is -1.48. The summed E-state index contributed by atoms with van der Waals surface area (Å²) in [5.41, 5.74) is 5.20.